The predicted molar refractivity (Wildman–Crippen MR) is 69.7 cm³/mol. The van der Waals surface area contributed by atoms with Gasteiger partial charge in [0.15, 0.2) is 0 Å². The summed E-state index contributed by atoms with van der Waals surface area (Å²) in [4.78, 5) is 32.3. The third-order valence-corrected chi connectivity index (χ3v) is 2.19. The molecule has 2 N–H and O–H groups in total. The first-order valence-electron chi connectivity index (χ1n) is 5.68. The van der Waals surface area contributed by atoms with Crippen LogP contribution in [0.4, 0.5) is 5.69 Å². The molecule has 0 bridgehead atoms. The standard InChI is InChI=1S/C13H12N2O5/c1-2-20-13(17)10-7-6-9(4-3-5-12(14)16)11(8-10)15(18)19/h6-8H,2,5H2,1H3,(H2,14,16). The van der Waals surface area contributed by atoms with Gasteiger partial charge in [0.2, 0.25) is 5.91 Å². The highest BCUT2D eigenvalue weighted by molar-refractivity contribution is 5.90. The largest absolute Gasteiger partial charge is 0.462 e. The fourth-order valence-electron chi connectivity index (χ4n) is 1.36. The van der Waals surface area contributed by atoms with E-state index in [9.17, 15) is 19.7 Å². The number of nitrogens with two attached hydrogens (primary N) is 1. The lowest BCUT2D eigenvalue weighted by molar-refractivity contribution is -0.385. The molecule has 20 heavy (non-hydrogen) atoms. The number of nitro benzene ring substituents is 1. The van der Waals surface area contributed by atoms with Crippen LogP contribution in [0.2, 0.25) is 0 Å². The average Bonchev–Trinajstić information content (AvgIpc) is 2.38. The molecule has 0 radical (unpaired) electrons. The van der Waals surface area contributed by atoms with Gasteiger partial charge < -0.3 is 10.5 Å². The minimum atomic E-state index is -0.656. The van der Waals surface area contributed by atoms with Crippen molar-refractivity contribution in [2.45, 2.75) is 13.3 Å². The Morgan fingerprint density at radius 3 is 2.70 bits per heavy atom. The SMILES string of the molecule is CCOC(=O)c1ccc(C#CCC(N)=O)c([N+](=O)[O-])c1. The maximum absolute atomic E-state index is 11.5. The number of hydrogen-bond acceptors (Lipinski definition) is 5. The van der Waals surface area contributed by atoms with Crippen molar-refractivity contribution in [3.63, 3.8) is 0 Å². The number of amides is 1. The van der Waals surface area contributed by atoms with Crippen LogP contribution in [0.15, 0.2) is 18.2 Å². The van der Waals surface area contributed by atoms with E-state index in [-0.39, 0.29) is 29.8 Å². The van der Waals surface area contributed by atoms with Crippen LogP contribution in [0.25, 0.3) is 0 Å². The van der Waals surface area contributed by atoms with E-state index in [2.05, 4.69) is 11.8 Å². The van der Waals surface area contributed by atoms with Crippen molar-refractivity contribution >= 4 is 17.6 Å². The van der Waals surface area contributed by atoms with Crippen molar-refractivity contribution in [1.29, 1.82) is 0 Å². The highest BCUT2D eigenvalue weighted by Gasteiger charge is 2.17. The third-order valence-electron chi connectivity index (χ3n) is 2.19. The van der Waals surface area contributed by atoms with Crippen molar-refractivity contribution in [1.82, 2.24) is 0 Å². The molecule has 1 aromatic rings. The second kappa shape index (κ2) is 6.89. The van der Waals surface area contributed by atoms with Crippen LogP contribution < -0.4 is 5.73 Å². The zero-order valence-corrected chi connectivity index (χ0v) is 10.7. The number of rotatable bonds is 4. The summed E-state index contributed by atoms with van der Waals surface area (Å²) in [5, 5.41) is 10.9. The van der Waals surface area contributed by atoms with E-state index in [4.69, 9.17) is 10.5 Å². The van der Waals surface area contributed by atoms with Crippen molar-refractivity contribution in [3.8, 4) is 11.8 Å². The third kappa shape index (κ3) is 4.10. The number of carbonyl (C=O) groups is 2. The smallest absolute Gasteiger partial charge is 0.338 e. The number of hydrogen-bond donors (Lipinski definition) is 1. The molecule has 0 saturated heterocycles. The number of esters is 1. The molecule has 1 amide bonds. The number of nitrogens with zero attached hydrogens (tertiary/aromatic N) is 1. The van der Waals surface area contributed by atoms with Gasteiger partial charge >= 0.3 is 5.97 Å². The van der Waals surface area contributed by atoms with Crippen molar-refractivity contribution in [2.75, 3.05) is 6.61 Å². The topological polar surface area (TPSA) is 113 Å². The first-order valence-corrected chi connectivity index (χ1v) is 5.68. The molecule has 1 aromatic carbocycles. The molecule has 0 saturated carbocycles. The zero-order valence-electron chi connectivity index (χ0n) is 10.7. The van der Waals surface area contributed by atoms with Gasteiger partial charge in [-0.05, 0) is 19.1 Å². The second-order valence-electron chi connectivity index (χ2n) is 3.65. The Kier molecular flexibility index (Phi) is 5.23. The fraction of sp³-hybridized carbons (Fsp3) is 0.231. The molecule has 0 heterocycles. The van der Waals surface area contributed by atoms with E-state index < -0.39 is 16.8 Å². The molecule has 0 aliphatic carbocycles. The number of benzene rings is 1. The molecule has 104 valence electrons. The number of nitro groups is 1. The van der Waals surface area contributed by atoms with Gasteiger partial charge in [-0.2, -0.15) is 0 Å². The Hall–Kier alpha value is -2.88. The second-order valence-corrected chi connectivity index (χ2v) is 3.65. The highest BCUT2D eigenvalue weighted by Crippen LogP contribution is 2.20. The fourth-order valence-corrected chi connectivity index (χ4v) is 1.36. The molecule has 0 aromatic heterocycles. The van der Waals surface area contributed by atoms with E-state index in [0.29, 0.717) is 0 Å². The van der Waals surface area contributed by atoms with Gasteiger partial charge in [-0.15, -0.1) is 0 Å². The van der Waals surface area contributed by atoms with Crippen LogP contribution in [-0.4, -0.2) is 23.4 Å². The summed E-state index contributed by atoms with van der Waals surface area (Å²) in [6.45, 7) is 1.81. The van der Waals surface area contributed by atoms with E-state index in [1.807, 2.05) is 0 Å². The molecule has 0 fully saturated rings. The molecule has 0 aliphatic rings. The normalized spacial score (nSPS) is 9.25. The molecule has 7 heteroatoms. The van der Waals surface area contributed by atoms with Gasteiger partial charge in [0.05, 0.1) is 23.5 Å². The Labute approximate surface area is 114 Å². The minimum Gasteiger partial charge on any atom is -0.462 e. The first kappa shape index (κ1) is 15.2. The summed E-state index contributed by atoms with van der Waals surface area (Å²) in [5.74, 6) is 3.64. The summed E-state index contributed by atoms with van der Waals surface area (Å²) in [5.41, 5.74) is 4.76. The Balaban J connectivity index is 3.13. The number of carbonyl (C=O) groups excluding carboxylic acids is 2. The summed E-state index contributed by atoms with van der Waals surface area (Å²) in [6, 6.07) is 3.80. The van der Waals surface area contributed by atoms with Gasteiger partial charge in [0.1, 0.15) is 5.56 Å². The average molecular weight is 276 g/mol. The molecule has 7 nitrogen and oxygen atoms in total. The summed E-state index contributed by atoms with van der Waals surface area (Å²) >= 11 is 0. The molecule has 0 atom stereocenters. The van der Waals surface area contributed by atoms with Crippen molar-refractivity contribution in [3.05, 3.63) is 39.4 Å². The Morgan fingerprint density at radius 1 is 1.45 bits per heavy atom. The maximum atomic E-state index is 11.5. The Morgan fingerprint density at radius 2 is 2.15 bits per heavy atom. The molecule has 1 rings (SSSR count). The van der Waals surface area contributed by atoms with E-state index in [1.165, 1.54) is 12.1 Å². The number of ether oxygens (including phenoxy) is 1. The summed E-state index contributed by atoms with van der Waals surface area (Å²) in [6.07, 6.45) is -0.198. The van der Waals surface area contributed by atoms with Crippen LogP contribution in [-0.2, 0) is 9.53 Å². The highest BCUT2D eigenvalue weighted by atomic mass is 16.6. The van der Waals surface area contributed by atoms with Crippen molar-refractivity contribution in [2.24, 2.45) is 5.73 Å². The quantitative estimate of drug-likeness (QED) is 0.381. The number of primary amides is 1. The molecule has 0 unspecified atom stereocenters. The molecular formula is C13H12N2O5. The summed E-state index contributed by atoms with van der Waals surface area (Å²) < 4.78 is 4.76. The lowest BCUT2D eigenvalue weighted by Gasteiger charge is -2.02. The summed E-state index contributed by atoms with van der Waals surface area (Å²) in [7, 11) is 0. The van der Waals surface area contributed by atoms with Gasteiger partial charge in [-0.1, -0.05) is 11.8 Å². The lowest BCUT2D eigenvalue weighted by atomic mass is 10.1. The predicted octanol–water partition coefficient (Wildman–Crippen LogP) is 0.998. The lowest BCUT2D eigenvalue weighted by Crippen LogP contribution is -2.08. The molecular weight excluding hydrogens is 264 g/mol. The first-order chi connectivity index (χ1) is 9.45. The van der Waals surface area contributed by atoms with Gasteiger partial charge in [0, 0.05) is 6.07 Å². The van der Waals surface area contributed by atoms with Crippen LogP contribution in [0.1, 0.15) is 29.3 Å². The van der Waals surface area contributed by atoms with Gasteiger partial charge in [-0.25, -0.2) is 4.79 Å². The van der Waals surface area contributed by atoms with E-state index >= 15 is 0 Å². The monoisotopic (exact) mass is 276 g/mol. The minimum absolute atomic E-state index is 0.0685. The van der Waals surface area contributed by atoms with Crippen LogP contribution in [0, 0.1) is 22.0 Å². The maximum Gasteiger partial charge on any atom is 0.338 e. The molecule has 0 aliphatic heterocycles. The Bertz CT molecular complexity index is 613. The van der Waals surface area contributed by atoms with E-state index in [0.717, 1.165) is 6.07 Å². The van der Waals surface area contributed by atoms with Crippen molar-refractivity contribution < 1.29 is 19.2 Å². The van der Waals surface area contributed by atoms with Crippen LogP contribution >= 0.6 is 0 Å². The van der Waals surface area contributed by atoms with Crippen LogP contribution in [0.3, 0.4) is 0 Å². The van der Waals surface area contributed by atoms with Gasteiger partial charge in [-0.3, -0.25) is 14.9 Å². The van der Waals surface area contributed by atoms with Crippen LogP contribution in [0.5, 0.6) is 0 Å². The van der Waals surface area contributed by atoms with E-state index in [1.54, 1.807) is 6.92 Å². The van der Waals surface area contributed by atoms with Gasteiger partial charge in [0.25, 0.3) is 5.69 Å². The molecule has 0 spiro atoms. The zero-order chi connectivity index (χ0) is 15.1.